The number of rotatable bonds is 7. The highest BCUT2D eigenvalue weighted by atomic mass is 35.5. The monoisotopic (exact) mass is 304 g/mol. The predicted molar refractivity (Wildman–Crippen MR) is 80.6 cm³/mol. The van der Waals surface area contributed by atoms with Gasteiger partial charge >= 0.3 is 0 Å². The van der Waals surface area contributed by atoms with Crippen LogP contribution in [0.25, 0.3) is 0 Å². The minimum Gasteiger partial charge on any atom is -0.493 e. The van der Waals surface area contributed by atoms with E-state index in [0.29, 0.717) is 22.7 Å². The van der Waals surface area contributed by atoms with E-state index in [2.05, 4.69) is 5.32 Å². The number of aliphatic hydroxyl groups excluding tert-OH is 1. The number of benzene rings is 1. The Hall–Kier alpha value is -1.24. The lowest BCUT2D eigenvalue weighted by Crippen LogP contribution is -2.22. The summed E-state index contributed by atoms with van der Waals surface area (Å²) in [7, 11) is 3.07. The summed E-state index contributed by atoms with van der Waals surface area (Å²) in [4.78, 5) is 0.226. The van der Waals surface area contributed by atoms with Gasteiger partial charge in [-0.15, -0.1) is 11.6 Å². The van der Waals surface area contributed by atoms with Gasteiger partial charge in [-0.25, -0.2) is 0 Å². The number of hydrogen-bond donors (Lipinski definition) is 3. The van der Waals surface area contributed by atoms with E-state index >= 15 is 0 Å². The summed E-state index contributed by atoms with van der Waals surface area (Å²) in [5.41, 5.74) is 6.96. The molecule has 4 N–H and O–H groups in total. The molecule has 0 saturated heterocycles. The molecule has 19 heavy (non-hydrogen) atoms. The number of nitrogens with two attached hydrogens (primary N) is 1. The van der Waals surface area contributed by atoms with Crippen molar-refractivity contribution in [1.82, 2.24) is 0 Å². The number of alkyl halides is 1. The fourth-order valence-corrected chi connectivity index (χ4v) is 1.79. The van der Waals surface area contributed by atoms with Crippen LogP contribution in [0.3, 0.4) is 0 Å². The number of nitrogens with one attached hydrogen (secondary N) is 1. The van der Waals surface area contributed by atoms with Gasteiger partial charge in [-0.1, -0.05) is 12.2 Å². The Morgan fingerprint density at radius 1 is 1.42 bits per heavy atom. The smallest absolute Gasteiger partial charge is 0.162 e. The third kappa shape index (κ3) is 4.12. The molecule has 1 rings (SSSR count). The fourth-order valence-electron chi connectivity index (χ4n) is 1.51. The van der Waals surface area contributed by atoms with Crippen molar-refractivity contribution in [2.45, 2.75) is 6.10 Å². The zero-order chi connectivity index (χ0) is 14.4. The van der Waals surface area contributed by atoms with E-state index in [-0.39, 0.29) is 17.4 Å². The Bertz CT molecular complexity index is 457. The maximum Gasteiger partial charge on any atom is 0.162 e. The van der Waals surface area contributed by atoms with Gasteiger partial charge in [0.25, 0.3) is 0 Å². The number of aliphatic hydroxyl groups is 1. The molecular weight excluding hydrogens is 288 g/mol. The maximum absolute atomic E-state index is 9.46. The largest absolute Gasteiger partial charge is 0.493 e. The van der Waals surface area contributed by atoms with Gasteiger partial charge in [-0.2, -0.15) is 0 Å². The van der Waals surface area contributed by atoms with Crippen molar-refractivity contribution in [1.29, 1.82) is 0 Å². The van der Waals surface area contributed by atoms with Crippen molar-refractivity contribution in [3.8, 4) is 11.5 Å². The van der Waals surface area contributed by atoms with E-state index in [4.69, 9.17) is 39.0 Å². The van der Waals surface area contributed by atoms with E-state index in [1.807, 2.05) is 0 Å². The lowest BCUT2D eigenvalue weighted by Gasteiger charge is -2.16. The lowest BCUT2D eigenvalue weighted by molar-refractivity contribution is 0.211. The summed E-state index contributed by atoms with van der Waals surface area (Å²) in [6.07, 6.45) is -0.658. The Kier molecular flexibility index (Phi) is 6.14. The van der Waals surface area contributed by atoms with Crippen molar-refractivity contribution in [2.75, 3.05) is 32.0 Å². The van der Waals surface area contributed by atoms with Crippen LogP contribution in [0.2, 0.25) is 0 Å². The van der Waals surface area contributed by atoms with E-state index < -0.39 is 6.10 Å². The van der Waals surface area contributed by atoms with Crippen molar-refractivity contribution in [3.63, 3.8) is 0 Å². The zero-order valence-corrected chi connectivity index (χ0v) is 12.3. The van der Waals surface area contributed by atoms with Gasteiger partial charge in [-0.05, 0) is 6.07 Å². The van der Waals surface area contributed by atoms with Crippen molar-refractivity contribution < 1.29 is 14.6 Å². The van der Waals surface area contributed by atoms with Gasteiger partial charge in [-0.3, -0.25) is 0 Å². The predicted octanol–water partition coefficient (Wildman–Crippen LogP) is 1.35. The minimum absolute atomic E-state index is 0.142. The van der Waals surface area contributed by atoms with Gasteiger partial charge in [0.05, 0.1) is 26.2 Å². The summed E-state index contributed by atoms with van der Waals surface area (Å²) >= 11 is 10.5. The van der Waals surface area contributed by atoms with Gasteiger partial charge in [0.2, 0.25) is 0 Å². The van der Waals surface area contributed by atoms with Crippen LogP contribution < -0.4 is 20.5 Å². The first kappa shape index (κ1) is 15.8. The van der Waals surface area contributed by atoms with Crippen LogP contribution in [0.1, 0.15) is 5.56 Å². The number of anilines is 1. The summed E-state index contributed by atoms with van der Waals surface area (Å²) in [5.74, 6) is 1.22. The van der Waals surface area contributed by atoms with Crippen molar-refractivity contribution in [2.24, 2.45) is 5.73 Å². The first-order valence-corrected chi connectivity index (χ1v) is 6.51. The van der Waals surface area contributed by atoms with Crippen LogP contribution in [-0.4, -0.2) is 42.8 Å². The number of thiocarbonyl (C=S) groups is 1. The zero-order valence-electron chi connectivity index (χ0n) is 10.8. The molecule has 0 fully saturated rings. The highest BCUT2D eigenvalue weighted by Gasteiger charge is 2.13. The first-order chi connectivity index (χ1) is 9.03. The molecule has 0 aromatic heterocycles. The number of halogens is 1. The topological polar surface area (TPSA) is 76.7 Å². The van der Waals surface area contributed by atoms with Gasteiger partial charge in [0.1, 0.15) is 4.99 Å². The Morgan fingerprint density at radius 3 is 2.47 bits per heavy atom. The highest BCUT2D eigenvalue weighted by molar-refractivity contribution is 7.80. The fraction of sp³-hybridized carbons (Fsp3) is 0.417. The van der Waals surface area contributed by atoms with Gasteiger partial charge in [0.15, 0.2) is 11.5 Å². The second kappa shape index (κ2) is 7.37. The van der Waals surface area contributed by atoms with Gasteiger partial charge in [0, 0.05) is 23.9 Å². The van der Waals surface area contributed by atoms with Crippen LogP contribution in [0, 0.1) is 0 Å². The molecule has 0 spiro atoms. The third-order valence-corrected chi connectivity index (χ3v) is 3.07. The summed E-state index contributed by atoms with van der Waals surface area (Å²) in [6, 6.07) is 3.41. The van der Waals surface area contributed by atoms with Gasteiger partial charge < -0.3 is 25.6 Å². The SMILES string of the molecule is COc1cc(NCC(O)CCl)c(C(N)=S)cc1OC. The molecule has 1 aromatic rings. The molecule has 0 aliphatic heterocycles. The van der Waals surface area contributed by atoms with E-state index in [1.165, 1.54) is 14.2 Å². The summed E-state index contributed by atoms with van der Waals surface area (Å²) < 4.78 is 10.4. The molecule has 0 aliphatic carbocycles. The Morgan fingerprint density at radius 2 is 2.00 bits per heavy atom. The first-order valence-electron chi connectivity index (χ1n) is 5.57. The Labute approximate surface area is 122 Å². The van der Waals surface area contributed by atoms with Crippen LogP contribution in [0.15, 0.2) is 12.1 Å². The average Bonchev–Trinajstić information content (AvgIpc) is 2.43. The standard InChI is InChI=1S/C12H17ClN2O3S/c1-17-10-3-8(12(14)19)9(4-11(10)18-2)15-6-7(16)5-13/h3-4,7,15-16H,5-6H2,1-2H3,(H2,14,19). The number of hydrogen-bond acceptors (Lipinski definition) is 5. The molecule has 0 saturated carbocycles. The summed E-state index contributed by atoms with van der Waals surface area (Å²) in [5, 5.41) is 12.5. The van der Waals surface area contributed by atoms with Crippen LogP contribution in [0.4, 0.5) is 5.69 Å². The van der Waals surface area contributed by atoms with Crippen LogP contribution in [0.5, 0.6) is 11.5 Å². The maximum atomic E-state index is 9.46. The summed E-state index contributed by atoms with van der Waals surface area (Å²) in [6.45, 7) is 0.286. The molecule has 0 bridgehead atoms. The minimum atomic E-state index is -0.658. The quantitative estimate of drug-likeness (QED) is 0.521. The molecule has 1 atom stereocenters. The molecule has 5 nitrogen and oxygen atoms in total. The molecule has 7 heteroatoms. The molecule has 1 aromatic carbocycles. The molecule has 1 unspecified atom stereocenters. The third-order valence-electron chi connectivity index (χ3n) is 2.50. The second-order valence-corrected chi connectivity index (χ2v) is 4.55. The van der Waals surface area contributed by atoms with E-state index in [0.717, 1.165) is 0 Å². The number of methoxy groups -OCH3 is 2. The molecule has 0 amide bonds. The van der Waals surface area contributed by atoms with Crippen LogP contribution >= 0.6 is 23.8 Å². The molecule has 0 radical (unpaired) electrons. The lowest BCUT2D eigenvalue weighted by atomic mass is 10.1. The van der Waals surface area contributed by atoms with Crippen LogP contribution in [-0.2, 0) is 0 Å². The average molecular weight is 305 g/mol. The Balaban J connectivity index is 3.09. The molecule has 106 valence electrons. The molecular formula is C12H17ClN2O3S. The van der Waals surface area contributed by atoms with E-state index in [9.17, 15) is 5.11 Å². The van der Waals surface area contributed by atoms with Crippen molar-refractivity contribution >= 4 is 34.5 Å². The van der Waals surface area contributed by atoms with Crippen molar-refractivity contribution in [3.05, 3.63) is 17.7 Å². The molecule has 0 heterocycles. The molecule has 0 aliphatic rings. The number of ether oxygens (including phenoxy) is 2. The van der Waals surface area contributed by atoms with E-state index in [1.54, 1.807) is 12.1 Å². The normalized spacial score (nSPS) is 11.8. The highest BCUT2D eigenvalue weighted by Crippen LogP contribution is 2.33. The second-order valence-electron chi connectivity index (χ2n) is 3.81.